The number of benzene rings is 2. The average Bonchev–Trinajstić information content (AvgIpc) is 2.57. The number of nitrogens with one attached hydrogen (secondary N) is 1. The first-order valence-electron chi connectivity index (χ1n) is 7.99. The average molecular weight is 363 g/mol. The van der Waals surface area contributed by atoms with Crippen LogP contribution in [0.3, 0.4) is 0 Å². The highest BCUT2D eigenvalue weighted by Crippen LogP contribution is 2.11. The maximum atomic E-state index is 13.1. The van der Waals surface area contributed by atoms with Gasteiger partial charge < -0.3 is 10.2 Å². The van der Waals surface area contributed by atoms with Crippen molar-refractivity contribution in [1.82, 2.24) is 10.2 Å². The molecule has 0 spiro atoms. The molecule has 2 aromatic rings. The lowest BCUT2D eigenvalue weighted by Gasteiger charge is -2.21. The predicted octanol–water partition coefficient (Wildman–Crippen LogP) is 3.30. The van der Waals surface area contributed by atoms with E-state index in [9.17, 15) is 14.0 Å². The monoisotopic (exact) mass is 362 g/mol. The Labute approximate surface area is 151 Å². The zero-order valence-corrected chi connectivity index (χ0v) is 14.7. The second-order valence-electron chi connectivity index (χ2n) is 5.65. The van der Waals surface area contributed by atoms with Crippen molar-refractivity contribution < 1.29 is 14.0 Å². The minimum absolute atomic E-state index is 0.0676. The van der Waals surface area contributed by atoms with Crippen LogP contribution >= 0.6 is 11.6 Å². The molecule has 0 bridgehead atoms. The van der Waals surface area contributed by atoms with Crippen molar-refractivity contribution in [1.29, 1.82) is 0 Å². The summed E-state index contributed by atoms with van der Waals surface area (Å²) in [5.41, 5.74) is 1.30. The third kappa shape index (κ3) is 6.19. The van der Waals surface area contributed by atoms with E-state index in [-0.39, 0.29) is 17.4 Å². The van der Waals surface area contributed by atoms with Gasteiger partial charge in [-0.05, 0) is 42.3 Å². The maximum absolute atomic E-state index is 13.1. The van der Waals surface area contributed by atoms with Gasteiger partial charge in [0.25, 0.3) is 5.91 Å². The van der Waals surface area contributed by atoms with Crippen LogP contribution in [-0.2, 0) is 11.2 Å². The number of hydrogen-bond acceptors (Lipinski definition) is 2. The molecule has 0 radical (unpaired) electrons. The lowest BCUT2D eigenvalue weighted by Crippen LogP contribution is -2.38. The van der Waals surface area contributed by atoms with Crippen LogP contribution in [0.5, 0.6) is 0 Å². The van der Waals surface area contributed by atoms with E-state index in [4.69, 9.17) is 11.6 Å². The highest BCUT2D eigenvalue weighted by Gasteiger charge is 2.11. The number of carbonyl (C=O) groups is 2. The van der Waals surface area contributed by atoms with Crippen LogP contribution in [0, 0.1) is 5.82 Å². The molecule has 2 aromatic carbocycles. The van der Waals surface area contributed by atoms with E-state index >= 15 is 0 Å². The molecular formula is C19H20ClFN2O2. The summed E-state index contributed by atoms with van der Waals surface area (Å²) in [6, 6.07) is 13.0. The molecule has 0 saturated carbocycles. The van der Waals surface area contributed by atoms with Gasteiger partial charge in [0.1, 0.15) is 5.82 Å². The van der Waals surface area contributed by atoms with E-state index in [0.29, 0.717) is 31.1 Å². The highest BCUT2D eigenvalue weighted by molar-refractivity contribution is 6.30. The van der Waals surface area contributed by atoms with Crippen molar-refractivity contribution in [2.45, 2.75) is 13.3 Å². The molecule has 25 heavy (non-hydrogen) atoms. The minimum Gasteiger partial charge on any atom is -0.350 e. The molecule has 4 nitrogen and oxygen atoms in total. The van der Waals surface area contributed by atoms with Gasteiger partial charge in [-0.25, -0.2) is 4.39 Å². The van der Waals surface area contributed by atoms with Crippen molar-refractivity contribution >= 4 is 23.4 Å². The molecule has 6 heteroatoms. The molecule has 0 heterocycles. The van der Waals surface area contributed by atoms with Gasteiger partial charge in [0.15, 0.2) is 0 Å². The molecule has 2 rings (SSSR count). The minimum atomic E-state index is -0.459. The number of rotatable bonds is 7. The Bertz CT molecular complexity index is 752. The Balaban J connectivity index is 1.83. The van der Waals surface area contributed by atoms with Crippen LogP contribution in [0.25, 0.3) is 0 Å². The Morgan fingerprint density at radius 2 is 1.88 bits per heavy atom. The van der Waals surface area contributed by atoms with Crippen LogP contribution in [0.1, 0.15) is 22.8 Å². The van der Waals surface area contributed by atoms with Gasteiger partial charge in [-0.2, -0.15) is 0 Å². The van der Waals surface area contributed by atoms with Gasteiger partial charge in [-0.3, -0.25) is 9.59 Å². The van der Waals surface area contributed by atoms with E-state index in [1.54, 1.807) is 17.0 Å². The molecule has 0 fully saturated rings. The van der Waals surface area contributed by atoms with Crippen LogP contribution in [0.15, 0.2) is 48.5 Å². The van der Waals surface area contributed by atoms with Crippen LogP contribution < -0.4 is 5.32 Å². The zero-order valence-electron chi connectivity index (χ0n) is 14.0. The normalized spacial score (nSPS) is 10.4. The third-order valence-corrected chi connectivity index (χ3v) is 3.99. The second-order valence-corrected chi connectivity index (χ2v) is 6.09. The van der Waals surface area contributed by atoms with E-state index in [0.717, 1.165) is 5.56 Å². The fourth-order valence-electron chi connectivity index (χ4n) is 2.42. The fourth-order valence-corrected chi connectivity index (χ4v) is 2.63. The molecule has 0 aliphatic carbocycles. The van der Waals surface area contributed by atoms with Gasteiger partial charge in [0, 0.05) is 37.1 Å². The second kappa shape index (κ2) is 9.18. The molecule has 0 aliphatic heterocycles. The number of amides is 2. The quantitative estimate of drug-likeness (QED) is 0.821. The van der Waals surface area contributed by atoms with Gasteiger partial charge in [0.2, 0.25) is 5.91 Å². The highest BCUT2D eigenvalue weighted by atomic mass is 35.5. The fraction of sp³-hybridized carbons (Fsp3) is 0.263. The first kappa shape index (κ1) is 18.9. The zero-order chi connectivity index (χ0) is 18.2. The first-order chi connectivity index (χ1) is 12.0. The first-order valence-corrected chi connectivity index (χ1v) is 8.37. The van der Waals surface area contributed by atoms with E-state index in [1.165, 1.54) is 25.1 Å². The third-order valence-electron chi connectivity index (χ3n) is 3.76. The Hall–Kier alpha value is -2.40. The molecule has 1 N–H and O–H groups in total. The summed E-state index contributed by atoms with van der Waals surface area (Å²) in [4.78, 5) is 25.4. The summed E-state index contributed by atoms with van der Waals surface area (Å²) in [5.74, 6) is -0.889. The Morgan fingerprint density at radius 3 is 2.56 bits per heavy atom. The van der Waals surface area contributed by atoms with Crippen LogP contribution in [-0.4, -0.2) is 36.3 Å². The van der Waals surface area contributed by atoms with Gasteiger partial charge in [-0.15, -0.1) is 0 Å². The summed E-state index contributed by atoms with van der Waals surface area (Å²) >= 11 is 5.96. The lowest BCUT2D eigenvalue weighted by molar-refractivity contribution is -0.128. The van der Waals surface area contributed by atoms with Crippen LogP contribution in [0.2, 0.25) is 5.02 Å². The number of halogens is 2. The summed E-state index contributed by atoms with van der Waals surface area (Å²) in [6.07, 6.45) is 0.679. The Morgan fingerprint density at radius 1 is 1.12 bits per heavy atom. The number of hydrogen-bond donors (Lipinski definition) is 1. The van der Waals surface area contributed by atoms with Crippen LogP contribution in [0.4, 0.5) is 4.39 Å². The van der Waals surface area contributed by atoms with Gasteiger partial charge in [-0.1, -0.05) is 29.8 Å². The van der Waals surface area contributed by atoms with Crippen molar-refractivity contribution in [3.63, 3.8) is 0 Å². The van der Waals surface area contributed by atoms with Gasteiger partial charge >= 0.3 is 0 Å². The number of carbonyl (C=O) groups excluding carboxylic acids is 2. The smallest absolute Gasteiger partial charge is 0.251 e. The number of nitrogens with zero attached hydrogens (tertiary/aromatic N) is 1. The lowest BCUT2D eigenvalue weighted by atomic mass is 10.1. The predicted molar refractivity (Wildman–Crippen MR) is 96.1 cm³/mol. The molecule has 0 unspecified atom stereocenters. The molecule has 2 amide bonds. The largest absolute Gasteiger partial charge is 0.350 e. The molecule has 0 saturated heterocycles. The van der Waals surface area contributed by atoms with Crippen molar-refractivity contribution in [3.8, 4) is 0 Å². The maximum Gasteiger partial charge on any atom is 0.251 e. The molecule has 0 aliphatic rings. The van der Waals surface area contributed by atoms with E-state index in [2.05, 4.69) is 5.32 Å². The van der Waals surface area contributed by atoms with Crippen molar-refractivity contribution in [2.75, 3.05) is 19.6 Å². The van der Waals surface area contributed by atoms with E-state index < -0.39 is 5.82 Å². The van der Waals surface area contributed by atoms with Crippen molar-refractivity contribution in [3.05, 3.63) is 70.5 Å². The molecule has 0 aromatic heterocycles. The standard InChI is InChI=1S/C19H20ClFN2O2/c1-14(24)23(10-8-15-4-2-6-17(20)12-15)11-9-22-19(25)16-5-3-7-18(21)13-16/h2-7,12-13H,8-11H2,1H3,(H,22,25). The Kier molecular flexibility index (Phi) is 6.95. The molecule has 0 atom stereocenters. The summed E-state index contributed by atoms with van der Waals surface area (Å²) in [5, 5.41) is 3.36. The van der Waals surface area contributed by atoms with E-state index in [1.807, 2.05) is 18.2 Å². The van der Waals surface area contributed by atoms with Crippen molar-refractivity contribution in [2.24, 2.45) is 0 Å². The molecular weight excluding hydrogens is 343 g/mol. The SMILES string of the molecule is CC(=O)N(CCNC(=O)c1cccc(F)c1)CCc1cccc(Cl)c1. The van der Waals surface area contributed by atoms with Gasteiger partial charge in [0.05, 0.1) is 0 Å². The summed E-state index contributed by atoms with van der Waals surface area (Å²) in [7, 11) is 0. The topological polar surface area (TPSA) is 49.4 Å². The summed E-state index contributed by atoms with van der Waals surface area (Å²) in [6.45, 7) is 2.71. The molecule has 132 valence electrons. The summed E-state index contributed by atoms with van der Waals surface area (Å²) < 4.78 is 13.1.